The third kappa shape index (κ3) is 2.56. The van der Waals surface area contributed by atoms with Gasteiger partial charge in [-0.15, -0.1) is 11.3 Å². The van der Waals surface area contributed by atoms with E-state index in [-0.39, 0.29) is 25.6 Å². The number of ether oxygens (including phenoxy) is 1. The highest BCUT2D eigenvalue weighted by atomic mass is 35.5. The van der Waals surface area contributed by atoms with Crippen LogP contribution in [0.25, 0.3) is 10.6 Å². The molecule has 3 nitrogen and oxygen atoms in total. The minimum absolute atomic E-state index is 0.00102. The van der Waals surface area contributed by atoms with Gasteiger partial charge in [0.05, 0.1) is 17.7 Å². The van der Waals surface area contributed by atoms with Gasteiger partial charge in [-0.2, -0.15) is 0 Å². The molecule has 8 heteroatoms. The number of esters is 1. The zero-order valence-corrected chi connectivity index (χ0v) is 11.7. The van der Waals surface area contributed by atoms with E-state index in [0.717, 1.165) is 17.4 Å². The molecule has 0 radical (unpaired) electrons. The van der Waals surface area contributed by atoms with E-state index in [1.807, 2.05) is 0 Å². The summed E-state index contributed by atoms with van der Waals surface area (Å²) in [7, 11) is 1.17. The molecule has 0 fully saturated rings. The highest BCUT2D eigenvalue weighted by Gasteiger charge is 2.23. The van der Waals surface area contributed by atoms with E-state index in [1.165, 1.54) is 13.2 Å². The Morgan fingerprint density at radius 2 is 2.05 bits per heavy atom. The SMILES string of the molecule is COC(=O)c1sc(-c2c(Cl)ccc(F)c2F)nc1Cl. The van der Waals surface area contributed by atoms with Gasteiger partial charge in [0.25, 0.3) is 0 Å². The van der Waals surface area contributed by atoms with Gasteiger partial charge in [0.2, 0.25) is 0 Å². The van der Waals surface area contributed by atoms with Crippen molar-refractivity contribution in [3.05, 3.63) is 38.8 Å². The summed E-state index contributed by atoms with van der Waals surface area (Å²) in [6, 6.07) is 2.10. The van der Waals surface area contributed by atoms with Gasteiger partial charge in [-0.25, -0.2) is 18.6 Å². The second-order valence-electron chi connectivity index (χ2n) is 3.35. The maximum absolute atomic E-state index is 13.7. The molecule has 2 rings (SSSR count). The van der Waals surface area contributed by atoms with E-state index in [0.29, 0.717) is 0 Å². The number of hydrogen-bond donors (Lipinski definition) is 0. The number of benzene rings is 1. The zero-order valence-electron chi connectivity index (χ0n) is 9.34. The van der Waals surface area contributed by atoms with Gasteiger partial charge >= 0.3 is 5.97 Å². The van der Waals surface area contributed by atoms with Crippen LogP contribution in [0.2, 0.25) is 10.2 Å². The molecule has 1 aromatic carbocycles. The fraction of sp³-hybridized carbons (Fsp3) is 0.0909. The van der Waals surface area contributed by atoms with E-state index < -0.39 is 17.6 Å². The number of aromatic nitrogens is 1. The standard InChI is InChI=1S/C11H5Cl2F2NO2S/c1-18-11(17)8-9(13)16-10(19-8)6-4(12)2-3-5(14)7(6)15/h2-3H,1H3. The largest absolute Gasteiger partial charge is 0.465 e. The summed E-state index contributed by atoms with van der Waals surface area (Å²) >= 11 is 12.3. The molecule has 0 aliphatic rings. The lowest BCUT2D eigenvalue weighted by atomic mass is 10.2. The van der Waals surface area contributed by atoms with Gasteiger partial charge in [0, 0.05) is 0 Å². The zero-order chi connectivity index (χ0) is 14.2. The lowest BCUT2D eigenvalue weighted by molar-refractivity contribution is 0.0606. The molecule has 1 heterocycles. The molecule has 0 amide bonds. The average Bonchev–Trinajstić information content (AvgIpc) is 2.75. The smallest absolute Gasteiger partial charge is 0.351 e. The highest BCUT2D eigenvalue weighted by Crippen LogP contribution is 2.37. The van der Waals surface area contributed by atoms with Crippen LogP contribution in [-0.4, -0.2) is 18.1 Å². The average molecular weight is 324 g/mol. The van der Waals surface area contributed by atoms with E-state index in [4.69, 9.17) is 23.2 Å². The first-order chi connectivity index (χ1) is 8.95. The summed E-state index contributed by atoms with van der Waals surface area (Å²) in [4.78, 5) is 15.2. The van der Waals surface area contributed by atoms with Gasteiger partial charge < -0.3 is 4.74 Å². The van der Waals surface area contributed by atoms with Crippen LogP contribution in [0.1, 0.15) is 9.67 Å². The van der Waals surface area contributed by atoms with Gasteiger partial charge in [-0.3, -0.25) is 0 Å². The molecule has 0 spiro atoms. The minimum Gasteiger partial charge on any atom is -0.465 e. The van der Waals surface area contributed by atoms with Crippen LogP contribution < -0.4 is 0 Å². The molecular formula is C11H5Cl2F2NO2S. The number of halogens is 4. The third-order valence-electron chi connectivity index (χ3n) is 2.21. The van der Waals surface area contributed by atoms with E-state index in [2.05, 4.69) is 9.72 Å². The van der Waals surface area contributed by atoms with Crippen LogP contribution >= 0.6 is 34.5 Å². The van der Waals surface area contributed by atoms with Gasteiger partial charge in [0.15, 0.2) is 21.7 Å². The Morgan fingerprint density at radius 3 is 2.68 bits per heavy atom. The van der Waals surface area contributed by atoms with Crippen LogP contribution in [0.3, 0.4) is 0 Å². The Morgan fingerprint density at radius 1 is 1.37 bits per heavy atom. The second kappa shape index (κ2) is 5.40. The van der Waals surface area contributed by atoms with Crippen molar-refractivity contribution >= 4 is 40.5 Å². The Bertz CT molecular complexity index is 660. The lowest BCUT2D eigenvalue weighted by Gasteiger charge is -2.02. The normalized spacial score (nSPS) is 10.6. The van der Waals surface area contributed by atoms with E-state index >= 15 is 0 Å². The number of methoxy groups -OCH3 is 1. The van der Waals surface area contributed by atoms with Crippen LogP contribution in [0.4, 0.5) is 8.78 Å². The fourth-order valence-corrected chi connectivity index (χ4v) is 2.90. The monoisotopic (exact) mass is 323 g/mol. The Labute approximate surface area is 120 Å². The van der Waals surface area contributed by atoms with E-state index in [1.54, 1.807) is 0 Å². The Kier molecular flexibility index (Phi) is 4.03. The number of nitrogens with zero attached hydrogens (tertiary/aromatic N) is 1. The predicted octanol–water partition coefficient (Wildman–Crippen LogP) is 4.18. The van der Waals surface area contributed by atoms with Crippen molar-refractivity contribution in [1.29, 1.82) is 0 Å². The maximum Gasteiger partial charge on any atom is 0.351 e. The topological polar surface area (TPSA) is 39.2 Å². The van der Waals surface area contributed by atoms with Crippen molar-refractivity contribution in [2.75, 3.05) is 7.11 Å². The molecule has 0 saturated heterocycles. The van der Waals surface area contributed by atoms with Crippen LogP contribution in [0, 0.1) is 11.6 Å². The summed E-state index contributed by atoms with van der Waals surface area (Å²) < 4.78 is 31.4. The summed E-state index contributed by atoms with van der Waals surface area (Å²) in [6.45, 7) is 0. The minimum atomic E-state index is -1.14. The summed E-state index contributed by atoms with van der Waals surface area (Å²) in [5, 5.41) is -0.167. The van der Waals surface area contributed by atoms with Crippen molar-refractivity contribution in [3.8, 4) is 10.6 Å². The van der Waals surface area contributed by atoms with Crippen LogP contribution in [-0.2, 0) is 4.74 Å². The quantitative estimate of drug-likeness (QED) is 0.614. The predicted molar refractivity (Wildman–Crippen MR) is 68.8 cm³/mol. The summed E-state index contributed by atoms with van der Waals surface area (Å²) in [6.07, 6.45) is 0. The first-order valence-corrected chi connectivity index (χ1v) is 6.41. The molecule has 100 valence electrons. The Balaban J connectivity index is 2.61. The first kappa shape index (κ1) is 14.2. The second-order valence-corrected chi connectivity index (χ2v) is 5.11. The molecular weight excluding hydrogens is 319 g/mol. The fourth-order valence-electron chi connectivity index (χ4n) is 1.35. The van der Waals surface area contributed by atoms with Crippen molar-refractivity contribution < 1.29 is 18.3 Å². The molecule has 1 aromatic heterocycles. The number of hydrogen-bond acceptors (Lipinski definition) is 4. The van der Waals surface area contributed by atoms with Crippen LogP contribution in [0.5, 0.6) is 0 Å². The van der Waals surface area contributed by atoms with Gasteiger partial charge in [0.1, 0.15) is 5.01 Å². The van der Waals surface area contributed by atoms with Gasteiger partial charge in [-0.1, -0.05) is 23.2 Å². The number of carbonyl (C=O) groups is 1. The third-order valence-corrected chi connectivity index (χ3v) is 3.97. The maximum atomic E-state index is 13.7. The lowest BCUT2D eigenvalue weighted by Crippen LogP contribution is -1.98. The Hall–Kier alpha value is -1.24. The van der Waals surface area contributed by atoms with Crippen LogP contribution in [0.15, 0.2) is 12.1 Å². The molecule has 0 unspecified atom stereocenters. The number of rotatable bonds is 2. The molecule has 0 bridgehead atoms. The number of carbonyl (C=O) groups excluding carboxylic acids is 1. The molecule has 19 heavy (non-hydrogen) atoms. The highest BCUT2D eigenvalue weighted by molar-refractivity contribution is 7.17. The van der Waals surface area contributed by atoms with E-state index in [9.17, 15) is 13.6 Å². The van der Waals surface area contributed by atoms with Crippen molar-refractivity contribution in [2.45, 2.75) is 0 Å². The number of thiazole rings is 1. The molecule has 0 N–H and O–H groups in total. The van der Waals surface area contributed by atoms with Gasteiger partial charge in [-0.05, 0) is 12.1 Å². The van der Waals surface area contributed by atoms with Crippen molar-refractivity contribution in [2.24, 2.45) is 0 Å². The first-order valence-electron chi connectivity index (χ1n) is 4.84. The molecule has 2 aromatic rings. The molecule has 0 atom stereocenters. The summed E-state index contributed by atoms with van der Waals surface area (Å²) in [5.41, 5.74) is -0.233. The molecule has 0 aliphatic carbocycles. The summed E-state index contributed by atoms with van der Waals surface area (Å²) in [5.74, 6) is -2.92. The molecule has 0 saturated carbocycles. The van der Waals surface area contributed by atoms with Crippen molar-refractivity contribution in [3.63, 3.8) is 0 Å². The molecule has 0 aliphatic heterocycles. The van der Waals surface area contributed by atoms with Crippen molar-refractivity contribution in [1.82, 2.24) is 4.98 Å².